The van der Waals surface area contributed by atoms with E-state index >= 15 is 0 Å². The Morgan fingerprint density at radius 2 is 2.03 bits per heavy atom. The Kier molecular flexibility index (Phi) is 6.71. The van der Waals surface area contributed by atoms with Crippen LogP contribution >= 0.6 is 11.6 Å². The number of likely N-dealkylation sites (N-methyl/N-ethyl adjacent to an activating group) is 1. The maximum absolute atomic E-state index is 14.2. The van der Waals surface area contributed by atoms with Crippen LogP contribution in [0.3, 0.4) is 0 Å². The number of halogens is 2. The van der Waals surface area contributed by atoms with Gasteiger partial charge in [0.25, 0.3) is 5.91 Å². The minimum Gasteiger partial charge on any atom is -0.350 e. The largest absolute Gasteiger partial charge is 0.350 e. The van der Waals surface area contributed by atoms with E-state index < -0.39 is 11.9 Å². The van der Waals surface area contributed by atoms with Crippen molar-refractivity contribution >= 4 is 28.9 Å². The molecule has 0 unspecified atom stereocenters. The zero-order valence-corrected chi connectivity index (χ0v) is 20.3. The number of carbonyl (C=O) groups excluding carboxylic acids is 2. The minimum atomic E-state index is -0.417. The molecule has 5 rings (SSSR count). The van der Waals surface area contributed by atoms with Gasteiger partial charge in [-0.25, -0.2) is 14.4 Å². The van der Waals surface area contributed by atoms with Crippen molar-refractivity contribution in [3.63, 3.8) is 0 Å². The van der Waals surface area contributed by atoms with Crippen LogP contribution in [0.1, 0.15) is 47.7 Å². The van der Waals surface area contributed by atoms with E-state index in [1.54, 1.807) is 40.3 Å². The number of imidazole rings is 1. The summed E-state index contributed by atoms with van der Waals surface area (Å²) < 4.78 is 15.9. The number of hydrogen-bond donors (Lipinski definition) is 1. The molecule has 10 heteroatoms. The van der Waals surface area contributed by atoms with Crippen molar-refractivity contribution in [1.29, 1.82) is 0 Å². The van der Waals surface area contributed by atoms with Gasteiger partial charge >= 0.3 is 0 Å². The number of aromatic nitrogens is 3. The van der Waals surface area contributed by atoms with Crippen molar-refractivity contribution in [3.8, 4) is 0 Å². The Balaban J connectivity index is 1.42. The highest BCUT2D eigenvalue weighted by molar-refractivity contribution is 6.30. The van der Waals surface area contributed by atoms with Crippen LogP contribution < -0.4 is 5.32 Å². The SMILES string of the molecule is CN1CCCC[C@@H]1C(=O)N[C@@H]1CN(C(=O)c2nccn3cncc23)CC[C@H]1c1cc(F)cc(Cl)c1. The molecular weight excluding hydrogens is 471 g/mol. The van der Waals surface area contributed by atoms with Gasteiger partial charge in [-0.1, -0.05) is 18.0 Å². The maximum atomic E-state index is 14.2. The molecule has 2 aromatic heterocycles. The summed E-state index contributed by atoms with van der Waals surface area (Å²) in [7, 11) is 1.96. The lowest BCUT2D eigenvalue weighted by Gasteiger charge is -2.40. The summed E-state index contributed by atoms with van der Waals surface area (Å²) in [4.78, 5) is 39.0. The lowest BCUT2D eigenvalue weighted by atomic mass is 9.84. The van der Waals surface area contributed by atoms with E-state index in [9.17, 15) is 14.0 Å². The molecule has 1 N–H and O–H groups in total. The van der Waals surface area contributed by atoms with Crippen molar-refractivity contribution < 1.29 is 14.0 Å². The van der Waals surface area contributed by atoms with Gasteiger partial charge in [-0.05, 0) is 56.6 Å². The number of likely N-dealkylation sites (tertiary alicyclic amines) is 2. The molecule has 3 atom stereocenters. The van der Waals surface area contributed by atoms with Crippen molar-refractivity contribution in [2.45, 2.75) is 43.7 Å². The molecule has 2 amide bonds. The molecule has 2 aliphatic heterocycles. The average molecular weight is 499 g/mol. The number of carbonyl (C=O) groups is 2. The van der Waals surface area contributed by atoms with Crippen molar-refractivity contribution in [1.82, 2.24) is 29.5 Å². The summed E-state index contributed by atoms with van der Waals surface area (Å²) in [6.45, 7) is 1.61. The first-order valence-electron chi connectivity index (χ1n) is 11.9. The molecule has 0 bridgehead atoms. The minimum absolute atomic E-state index is 0.0602. The second-order valence-electron chi connectivity index (χ2n) is 9.42. The molecule has 0 aliphatic carbocycles. The highest BCUT2D eigenvalue weighted by Gasteiger charge is 2.37. The van der Waals surface area contributed by atoms with Gasteiger partial charge in [0.05, 0.1) is 30.1 Å². The zero-order valence-electron chi connectivity index (χ0n) is 19.5. The summed E-state index contributed by atoms with van der Waals surface area (Å²) in [6.07, 6.45) is 9.97. The molecule has 2 fully saturated rings. The summed E-state index contributed by atoms with van der Waals surface area (Å²) >= 11 is 6.15. The van der Waals surface area contributed by atoms with E-state index in [2.05, 4.69) is 20.2 Å². The Labute approximate surface area is 208 Å². The predicted molar refractivity (Wildman–Crippen MR) is 130 cm³/mol. The molecular formula is C25H28ClFN6O2. The first-order valence-corrected chi connectivity index (χ1v) is 12.3. The summed E-state index contributed by atoms with van der Waals surface area (Å²) in [5.74, 6) is -0.876. The maximum Gasteiger partial charge on any atom is 0.274 e. The molecule has 35 heavy (non-hydrogen) atoms. The number of nitrogens with one attached hydrogen (secondary N) is 1. The van der Waals surface area contributed by atoms with Crippen LogP contribution in [0.5, 0.6) is 0 Å². The third kappa shape index (κ3) is 4.88. The van der Waals surface area contributed by atoms with E-state index in [1.807, 2.05) is 7.05 Å². The number of piperidine rings is 2. The van der Waals surface area contributed by atoms with E-state index in [0.29, 0.717) is 29.2 Å². The summed E-state index contributed by atoms with van der Waals surface area (Å²) in [5, 5.41) is 3.51. The fourth-order valence-corrected chi connectivity index (χ4v) is 5.55. The molecule has 2 aliphatic rings. The summed E-state index contributed by atoms with van der Waals surface area (Å²) in [5.41, 5.74) is 1.66. The molecule has 0 spiro atoms. The molecule has 4 heterocycles. The molecule has 184 valence electrons. The van der Waals surface area contributed by atoms with Gasteiger partial charge in [-0.3, -0.25) is 14.5 Å². The fraction of sp³-hybridized carbons (Fsp3) is 0.440. The number of fused-ring (bicyclic) bond motifs is 1. The highest BCUT2D eigenvalue weighted by atomic mass is 35.5. The van der Waals surface area contributed by atoms with Gasteiger partial charge < -0.3 is 14.6 Å². The number of nitrogens with zero attached hydrogens (tertiary/aromatic N) is 5. The monoisotopic (exact) mass is 498 g/mol. The van der Waals surface area contributed by atoms with Crippen LogP contribution in [0.2, 0.25) is 5.02 Å². The van der Waals surface area contributed by atoms with Crippen LogP contribution in [-0.4, -0.2) is 74.7 Å². The van der Waals surface area contributed by atoms with Crippen LogP contribution in [0.25, 0.3) is 5.52 Å². The number of rotatable bonds is 4. The van der Waals surface area contributed by atoms with E-state index in [1.165, 1.54) is 12.1 Å². The Bertz CT molecular complexity index is 1230. The first-order chi connectivity index (χ1) is 16.9. The Morgan fingerprint density at radius 3 is 2.83 bits per heavy atom. The highest BCUT2D eigenvalue weighted by Crippen LogP contribution is 2.32. The van der Waals surface area contributed by atoms with Crippen LogP contribution in [0.4, 0.5) is 4.39 Å². The van der Waals surface area contributed by atoms with Crippen LogP contribution in [0, 0.1) is 5.82 Å². The standard InChI is InChI=1S/C25H28ClFN6O2/c1-31-7-3-2-4-21(31)24(34)30-20-14-32(8-5-19(20)16-10-17(26)12-18(27)11-16)25(35)23-22-13-28-15-33(22)9-6-29-23/h6,9-13,15,19-21H,2-5,7-8,14H2,1H3,(H,30,34)/t19-,20+,21+/m0/s1. The van der Waals surface area contributed by atoms with E-state index in [4.69, 9.17) is 11.6 Å². The van der Waals surface area contributed by atoms with Gasteiger partial charge in [-0.15, -0.1) is 0 Å². The van der Waals surface area contributed by atoms with Gasteiger partial charge in [0, 0.05) is 36.4 Å². The topological polar surface area (TPSA) is 82.8 Å². The molecule has 0 saturated carbocycles. The van der Waals surface area contributed by atoms with Crippen LogP contribution in [-0.2, 0) is 4.79 Å². The quantitative estimate of drug-likeness (QED) is 0.597. The van der Waals surface area contributed by atoms with Crippen molar-refractivity contribution in [2.24, 2.45) is 0 Å². The van der Waals surface area contributed by atoms with E-state index in [-0.39, 0.29) is 30.3 Å². The molecule has 8 nitrogen and oxygen atoms in total. The van der Waals surface area contributed by atoms with Gasteiger partial charge in [0.15, 0.2) is 5.69 Å². The Hall–Kier alpha value is -3.04. The van der Waals surface area contributed by atoms with E-state index in [0.717, 1.165) is 31.4 Å². The van der Waals surface area contributed by atoms with Gasteiger partial charge in [0.1, 0.15) is 5.82 Å². The van der Waals surface area contributed by atoms with Crippen LogP contribution in [0.15, 0.2) is 43.1 Å². The summed E-state index contributed by atoms with van der Waals surface area (Å²) in [6, 6.07) is 3.88. The lowest BCUT2D eigenvalue weighted by Crippen LogP contribution is -2.57. The number of hydrogen-bond acceptors (Lipinski definition) is 5. The third-order valence-corrected chi connectivity index (χ3v) is 7.37. The number of amides is 2. The molecule has 2 saturated heterocycles. The normalized spacial score (nSPS) is 23.4. The fourth-order valence-electron chi connectivity index (χ4n) is 5.32. The first kappa shape index (κ1) is 23.7. The molecule has 3 aromatic rings. The average Bonchev–Trinajstić information content (AvgIpc) is 3.32. The Morgan fingerprint density at radius 1 is 1.17 bits per heavy atom. The van der Waals surface area contributed by atoms with Gasteiger partial charge in [-0.2, -0.15) is 0 Å². The zero-order chi connectivity index (χ0) is 24.5. The van der Waals surface area contributed by atoms with Gasteiger partial charge in [0.2, 0.25) is 5.91 Å². The third-order valence-electron chi connectivity index (χ3n) is 7.16. The number of benzene rings is 1. The predicted octanol–water partition coefficient (Wildman–Crippen LogP) is 3.12. The molecule has 1 aromatic carbocycles. The smallest absolute Gasteiger partial charge is 0.274 e. The van der Waals surface area contributed by atoms with Crippen molar-refractivity contribution in [2.75, 3.05) is 26.7 Å². The molecule has 0 radical (unpaired) electrons. The second-order valence-corrected chi connectivity index (χ2v) is 9.85. The lowest BCUT2D eigenvalue weighted by molar-refractivity contribution is -0.128. The van der Waals surface area contributed by atoms with Crippen molar-refractivity contribution in [3.05, 3.63) is 65.2 Å². The second kappa shape index (κ2) is 9.91.